The summed E-state index contributed by atoms with van der Waals surface area (Å²) in [6.07, 6.45) is 3.33. The van der Waals surface area contributed by atoms with Crippen LogP contribution in [0.1, 0.15) is 49.4 Å². The summed E-state index contributed by atoms with van der Waals surface area (Å²) in [6.45, 7) is 3.58. The fraction of sp³-hybridized carbons (Fsp3) is 0.611. The monoisotopic (exact) mass is 355 g/mol. The highest BCUT2D eigenvalue weighted by Crippen LogP contribution is 2.41. The molecular formula is C18H23ClFNO3. The van der Waals surface area contributed by atoms with E-state index in [2.05, 4.69) is 0 Å². The van der Waals surface area contributed by atoms with Gasteiger partial charge in [0.05, 0.1) is 28.4 Å². The first-order valence-electron chi connectivity index (χ1n) is 8.47. The number of carbonyl (C=O) groups excluding carboxylic acids is 1. The van der Waals surface area contributed by atoms with E-state index in [1.165, 1.54) is 18.2 Å². The minimum atomic E-state index is -0.670. The molecular weight excluding hydrogens is 333 g/mol. The van der Waals surface area contributed by atoms with Crippen molar-refractivity contribution in [2.75, 3.05) is 19.7 Å². The molecule has 1 aromatic rings. The summed E-state index contributed by atoms with van der Waals surface area (Å²) in [4.78, 5) is 14.3. The van der Waals surface area contributed by atoms with Crippen LogP contribution in [0.5, 0.6) is 0 Å². The van der Waals surface area contributed by atoms with Crippen molar-refractivity contribution in [2.45, 2.75) is 50.2 Å². The zero-order valence-electron chi connectivity index (χ0n) is 13.9. The van der Waals surface area contributed by atoms with Gasteiger partial charge in [0.2, 0.25) is 0 Å². The van der Waals surface area contributed by atoms with Crippen LogP contribution in [0.25, 0.3) is 0 Å². The van der Waals surface area contributed by atoms with Crippen molar-refractivity contribution in [3.63, 3.8) is 0 Å². The standard InChI is InChI=1S/C18H23ClFNO3/c1-2-17(23)7-10-24-18(12-17)5-8-21(9-6-18)16(22)14-11-13(20)3-4-15(14)19/h3-4,11,23H,2,5-10,12H2,1H3. The fourth-order valence-corrected chi connectivity index (χ4v) is 3.97. The van der Waals surface area contributed by atoms with Crippen LogP contribution in [-0.4, -0.2) is 46.8 Å². The number of halogens is 2. The average Bonchev–Trinajstić information content (AvgIpc) is 2.57. The summed E-state index contributed by atoms with van der Waals surface area (Å²) in [6, 6.07) is 3.83. The number of rotatable bonds is 2. The van der Waals surface area contributed by atoms with E-state index in [1.807, 2.05) is 6.92 Å². The normalized spacial score (nSPS) is 26.6. The minimum Gasteiger partial charge on any atom is -0.390 e. The maximum atomic E-state index is 13.4. The highest BCUT2D eigenvalue weighted by atomic mass is 35.5. The molecule has 4 nitrogen and oxygen atoms in total. The van der Waals surface area contributed by atoms with Crippen molar-refractivity contribution in [2.24, 2.45) is 0 Å². The van der Waals surface area contributed by atoms with Crippen LogP contribution in [0.2, 0.25) is 5.02 Å². The van der Waals surface area contributed by atoms with Crippen LogP contribution >= 0.6 is 11.6 Å². The lowest BCUT2D eigenvalue weighted by atomic mass is 9.76. The molecule has 132 valence electrons. The number of piperidine rings is 1. The first-order valence-corrected chi connectivity index (χ1v) is 8.85. The highest BCUT2D eigenvalue weighted by Gasteiger charge is 2.46. The van der Waals surface area contributed by atoms with Crippen molar-refractivity contribution < 1.29 is 19.0 Å². The molecule has 3 rings (SSSR count). The van der Waals surface area contributed by atoms with Gasteiger partial charge in [-0.3, -0.25) is 4.79 Å². The van der Waals surface area contributed by atoms with Gasteiger partial charge in [-0.15, -0.1) is 0 Å². The minimum absolute atomic E-state index is 0.197. The van der Waals surface area contributed by atoms with Gasteiger partial charge in [0.15, 0.2) is 0 Å². The average molecular weight is 356 g/mol. The van der Waals surface area contributed by atoms with E-state index in [4.69, 9.17) is 16.3 Å². The van der Waals surface area contributed by atoms with Crippen LogP contribution in [0.15, 0.2) is 18.2 Å². The molecule has 1 spiro atoms. The number of ether oxygens (including phenoxy) is 1. The summed E-state index contributed by atoms with van der Waals surface area (Å²) in [5.74, 6) is -0.726. The van der Waals surface area contributed by atoms with Crippen molar-refractivity contribution in [3.05, 3.63) is 34.6 Å². The Morgan fingerprint density at radius 1 is 1.38 bits per heavy atom. The van der Waals surface area contributed by atoms with E-state index in [-0.39, 0.29) is 22.1 Å². The van der Waals surface area contributed by atoms with Gasteiger partial charge in [0.1, 0.15) is 5.82 Å². The molecule has 2 aliphatic rings. The number of amides is 1. The van der Waals surface area contributed by atoms with E-state index in [0.29, 0.717) is 51.8 Å². The lowest BCUT2D eigenvalue weighted by Gasteiger charge is -2.49. The summed E-state index contributed by atoms with van der Waals surface area (Å²) in [5.41, 5.74) is -0.829. The molecule has 0 bridgehead atoms. The van der Waals surface area contributed by atoms with Crippen LogP contribution in [0, 0.1) is 5.82 Å². The molecule has 1 unspecified atom stereocenters. The maximum absolute atomic E-state index is 13.4. The predicted molar refractivity (Wildman–Crippen MR) is 89.7 cm³/mol. The molecule has 1 amide bonds. The Hall–Kier alpha value is -1.17. The summed E-state index contributed by atoms with van der Waals surface area (Å²) < 4.78 is 19.4. The van der Waals surface area contributed by atoms with Crippen LogP contribution in [-0.2, 0) is 4.74 Å². The second-order valence-corrected chi connectivity index (χ2v) is 7.36. The largest absolute Gasteiger partial charge is 0.390 e. The fourth-order valence-electron chi connectivity index (χ4n) is 3.77. The predicted octanol–water partition coefficient (Wildman–Crippen LogP) is 3.41. The van der Waals surface area contributed by atoms with Gasteiger partial charge in [0.25, 0.3) is 5.91 Å². The van der Waals surface area contributed by atoms with E-state index in [9.17, 15) is 14.3 Å². The van der Waals surface area contributed by atoms with Crippen molar-refractivity contribution >= 4 is 17.5 Å². The summed E-state index contributed by atoms with van der Waals surface area (Å²) in [5, 5.41) is 10.9. The Kier molecular flexibility index (Phi) is 4.87. The van der Waals surface area contributed by atoms with E-state index in [1.54, 1.807) is 4.90 Å². The molecule has 2 saturated heterocycles. The van der Waals surface area contributed by atoms with Crippen molar-refractivity contribution in [1.29, 1.82) is 0 Å². The molecule has 0 aliphatic carbocycles. The third-order valence-electron chi connectivity index (χ3n) is 5.41. The molecule has 0 saturated carbocycles. The first kappa shape index (κ1) is 17.6. The number of hydrogen-bond acceptors (Lipinski definition) is 3. The molecule has 2 aliphatic heterocycles. The van der Waals surface area contributed by atoms with Crippen molar-refractivity contribution in [1.82, 2.24) is 4.90 Å². The number of nitrogens with zero attached hydrogens (tertiary/aromatic N) is 1. The molecule has 6 heteroatoms. The Morgan fingerprint density at radius 2 is 2.08 bits per heavy atom. The molecule has 2 fully saturated rings. The first-order chi connectivity index (χ1) is 11.4. The number of hydrogen-bond donors (Lipinski definition) is 1. The topological polar surface area (TPSA) is 49.8 Å². The Bertz CT molecular complexity index is 631. The second kappa shape index (κ2) is 6.62. The van der Waals surface area contributed by atoms with Gasteiger partial charge >= 0.3 is 0 Å². The Labute approximate surface area is 146 Å². The van der Waals surface area contributed by atoms with E-state index >= 15 is 0 Å². The zero-order chi connectivity index (χ0) is 17.4. The maximum Gasteiger partial charge on any atom is 0.255 e. The van der Waals surface area contributed by atoms with Crippen LogP contribution in [0.4, 0.5) is 4.39 Å². The highest BCUT2D eigenvalue weighted by molar-refractivity contribution is 6.33. The van der Waals surface area contributed by atoms with Gasteiger partial charge in [-0.05, 0) is 43.9 Å². The molecule has 0 aromatic heterocycles. The third kappa shape index (κ3) is 3.44. The molecule has 1 atom stereocenters. The van der Waals surface area contributed by atoms with Crippen LogP contribution in [0.3, 0.4) is 0 Å². The SMILES string of the molecule is CCC1(O)CCOC2(CCN(C(=O)c3cc(F)ccc3Cl)CC2)C1. The molecule has 24 heavy (non-hydrogen) atoms. The quantitative estimate of drug-likeness (QED) is 0.884. The summed E-state index contributed by atoms with van der Waals surface area (Å²) >= 11 is 6.04. The third-order valence-corrected chi connectivity index (χ3v) is 5.74. The van der Waals surface area contributed by atoms with E-state index < -0.39 is 11.4 Å². The van der Waals surface area contributed by atoms with Gasteiger partial charge < -0.3 is 14.7 Å². The zero-order valence-corrected chi connectivity index (χ0v) is 14.6. The Morgan fingerprint density at radius 3 is 2.75 bits per heavy atom. The van der Waals surface area contributed by atoms with Gasteiger partial charge in [-0.2, -0.15) is 0 Å². The number of likely N-dealkylation sites (tertiary alicyclic amines) is 1. The van der Waals surface area contributed by atoms with Crippen LogP contribution < -0.4 is 0 Å². The van der Waals surface area contributed by atoms with Gasteiger partial charge in [-0.25, -0.2) is 4.39 Å². The molecule has 1 N–H and O–H groups in total. The molecule has 0 radical (unpaired) electrons. The number of carbonyl (C=O) groups is 1. The lowest BCUT2D eigenvalue weighted by molar-refractivity contribution is -0.176. The number of benzene rings is 1. The van der Waals surface area contributed by atoms with Gasteiger partial charge in [0, 0.05) is 19.5 Å². The molecule has 1 aromatic carbocycles. The van der Waals surface area contributed by atoms with E-state index in [0.717, 1.165) is 0 Å². The van der Waals surface area contributed by atoms with Gasteiger partial charge in [-0.1, -0.05) is 18.5 Å². The van der Waals surface area contributed by atoms with Crippen molar-refractivity contribution in [3.8, 4) is 0 Å². The molecule has 2 heterocycles. The smallest absolute Gasteiger partial charge is 0.255 e. The summed E-state index contributed by atoms with van der Waals surface area (Å²) in [7, 11) is 0. The second-order valence-electron chi connectivity index (χ2n) is 6.95. The number of aliphatic hydroxyl groups is 1. The Balaban J connectivity index is 1.69. The lowest BCUT2D eigenvalue weighted by Crippen LogP contribution is -2.55.